The summed E-state index contributed by atoms with van der Waals surface area (Å²) < 4.78 is 5.46. The number of alkyl carbamates (subject to hydrolysis) is 1. The molecule has 0 heterocycles. The summed E-state index contributed by atoms with van der Waals surface area (Å²) in [6, 6.07) is 19.0. The molecule has 3 aromatic carbocycles. The molecule has 0 spiro atoms. The lowest BCUT2D eigenvalue weighted by Gasteiger charge is -2.21. The molecule has 8 heteroatoms. The molecule has 35 heavy (non-hydrogen) atoms. The molecule has 2 unspecified atom stereocenters. The molecule has 1 amide bonds. The number of rotatable bonds is 8. The van der Waals surface area contributed by atoms with Gasteiger partial charge in [0.25, 0.3) is 0 Å². The molecular formula is C27H28N2O6. The molecule has 1 aliphatic rings. The Balaban J connectivity index is 1.31. The number of aromatic carboxylic acids is 1. The number of aliphatic hydroxyl groups excluding tert-OH is 2. The van der Waals surface area contributed by atoms with Gasteiger partial charge in [0.05, 0.1) is 17.4 Å². The molecule has 6 N–H and O–H groups in total. The van der Waals surface area contributed by atoms with Gasteiger partial charge in [-0.25, -0.2) is 9.59 Å². The van der Waals surface area contributed by atoms with E-state index in [0.29, 0.717) is 5.56 Å². The minimum atomic E-state index is -1.41. The molecule has 0 saturated carbocycles. The number of carboxylic acid groups (broad SMARTS) is 1. The summed E-state index contributed by atoms with van der Waals surface area (Å²) >= 11 is 0. The van der Waals surface area contributed by atoms with Crippen LogP contribution in [0, 0.1) is 6.92 Å². The summed E-state index contributed by atoms with van der Waals surface area (Å²) in [5.74, 6) is -1.28. The zero-order valence-corrected chi connectivity index (χ0v) is 19.3. The number of amides is 1. The highest BCUT2D eigenvalue weighted by molar-refractivity contribution is 5.94. The van der Waals surface area contributed by atoms with Crippen LogP contribution in [0.4, 0.5) is 10.5 Å². The molecule has 182 valence electrons. The highest BCUT2D eigenvalue weighted by Gasteiger charge is 2.29. The fraction of sp³-hybridized carbons (Fsp3) is 0.259. The van der Waals surface area contributed by atoms with E-state index in [1.807, 2.05) is 36.4 Å². The van der Waals surface area contributed by atoms with E-state index in [2.05, 4.69) is 17.4 Å². The van der Waals surface area contributed by atoms with Crippen molar-refractivity contribution in [2.24, 2.45) is 0 Å². The summed E-state index contributed by atoms with van der Waals surface area (Å²) in [6.07, 6.45) is -3.29. The highest BCUT2D eigenvalue weighted by Crippen LogP contribution is 2.44. The minimum Gasteiger partial charge on any atom is -0.478 e. The first-order chi connectivity index (χ1) is 16.8. The number of ether oxygens (including phenoxy) is 1. The van der Waals surface area contributed by atoms with Crippen LogP contribution in [0.3, 0.4) is 0 Å². The fourth-order valence-corrected chi connectivity index (χ4v) is 4.58. The van der Waals surface area contributed by atoms with E-state index in [-0.39, 0.29) is 42.3 Å². The second-order valence-corrected chi connectivity index (χ2v) is 8.67. The van der Waals surface area contributed by atoms with Crippen molar-refractivity contribution in [2.45, 2.75) is 31.5 Å². The molecule has 0 saturated heterocycles. The normalized spacial score (nSPS) is 14.0. The van der Waals surface area contributed by atoms with Gasteiger partial charge < -0.3 is 31.1 Å². The van der Waals surface area contributed by atoms with Crippen LogP contribution in [-0.2, 0) is 4.74 Å². The van der Waals surface area contributed by atoms with Crippen LogP contribution in [0.15, 0.2) is 60.7 Å². The van der Waals surface area contributed by atoms with E-state index >= 15 is 0 Å². The van der Waals surface area contributed by atoms with Gasteiger partial charge in [0.15, 0.2) is 0 Å². The van der Waals surface area contributed by atoms with Crippen molar-refractivity contribution in [3.63, 3.8) is 0 Å². The first kappa shape index (κ1) is 24.3. The van der Waals surface area contributed by atoms with Crippen LogP contribution in [0.5, 0.6) is 0 Å². The quantitative estimate of drug-likeness (QED) is 0.313. The van der Waals surface area contributed by atoms with E-state index in [9.17, 15) is 24.9 Å². The average Bonchev–Trinajstić information content (AvgIpc) is 3.17. The van der Waals surface area contributed by atoms with Gasteiger partial charge in [0.2, 0.25) is 0 Å². The van der Waals surface area contributed by atoms with E-state index in [4.69, 9.17) is 10.5 Å². The van der Waals surface area contributed by atoms with Gasteiger partial charge >= 0.3 is 12.1 Å². The van der Waals surface area contributed by atoms with E-state index in [1.54, 1.807) is 6.92 Å². The highest BCUT2D eigenvalue weighted by atomic mass is 16.5. The van der Waals surface area contributed by atoms with E-state index < -0.39 is 24.3 Å². The Bertz CT molecular complexity index is 1210. The van der Waals surface area contributed by atoms with E-state index in [0.717, 1.165) is 22.3 Å². The van der Waals surface area contributed by atoms with Crippen LogP contribution >= 0.6 is 0 Å². The summed E-state index contributed by atoms with van der Waals surface area (Å²) in [5, 5.41) is 32.8. The molecule has 0 aliphatic heterocycles. The van der Waals surface area contributed by atoms with Crippen molar-refractivity contribution in [2.75, 3.05) is 18.9 Å². The van der Waals surface area contributed by atoms with Gasteiger partial charge in [-0.1, -0.05) is 54.6 Å². The summed E-state index contributed by atoms with van der Waals surface area (Å²) in [6.45, 7) is 1.89. The van der Waals surface area contributed by atoms with Crippen molar-refractivity contribution >= 4 is 17.7 Å². The Morgan fingerprint density at radius 3 is 2.23 bits per heavy atom. The number of aliphatic hydroxyl groups is 2. The number of hydrogen-bond donors (Lipinski definition) is 5. The minimum absolute atomic E-state index is 0.0150. The summed E-state index contributed by atoms with van der Waals surface area (Å²) in [4.78, 5) is 23.7. The Labute approximate surface area is 203 Å². The number of nitrogen functional groups attached to an aromatic ring is 1. The molecule has 0 aromatic heterocycles. The Morgan fingerprint density at radius 1 is 1.03 bits per heavy atom. The van der Waals surface area contributed by atoms with Crippen LogP contribution in [0.25, 0.3) is 11.1 Å². The van der Waals surface area contributed by atoms with Crippen LogP contribution in [-0.4, -0.2) is 46.6 Å². The molecule has 0 fully saturated rings. The van der Waals surface area contributed by atoms with Gasteiger partial charge in [-0.2, -0.15) is 0 Å². The third kappa shape index (κ3) is 4.99. The van der Waals surface area contributed by atoms with Crippen molar-refractivity contribution in [3.05, 3.63) is 88.5 Å². The maximum Gasteiger partial charge on any atom is 0.407 e. The summed E-state index contributed by atoms with van der Waals surface area (Å²) in [5.41, 5.74) is 10.9. The molecular weight excluding hydrogens is 448 g/mol. The number of carbonyl (C=O) groups is 2. The smallest absolute Gasteiger partial charge is 0.407 e. The van der Waals surface area contributed by atoms with Gasteiger partial charge in [-0.3, -0.25) is 0 Å². The van der Waals surface area contributed by atoms with E-state index in [1.165, 1.54) is 12.1 Å². The summed E-state index contributed by atoms with van der Waals surface area (Å²) in [7, 11) is 0. The fourth-order valence-electron chi connectivity index (χ4n) is 4.58. The third-order valence-corrected chi connectivity index (χ3v) is 6.32. The molecule has 4 rings (SSSR count). The number of aryl methyl sites for hydroxylation is 1. The monoisotopic (exact) mass is 476 g/mol. The Morgan fingerprint density at radius 2 is 1.63 bits per heavy atom. The molecule has 8 nitrogen and oxygen atoms in total. The molecule has 2 atom stereocenters. The first-order valence-electron chi connectivity index (χ1n) is 11.4. The number of hydrogen-bond acceptors (Lipinski definition) is 6. The maximum absolute atomic E-state index is 12.3. The molecule has 0 radical (unpaired) electrons. The van der Waals surface area contributed by atoms with Gasteiger partial charge in [-0.05, 0) is 47.2 Å². The number of nitrogens with two attached hydrogens (primary N) is 1. The number of fused-ring (bicyclic) bond motifs is 3. The average molecular weight is 477 g/mol. The van der Waals surface area contributed by atoms with Crippen LogP contribution in [0.2, 0.25) is 0 Å². The number of carboxylic acids is 1. The van der Waals surface area contributed by atoms with Gasteiger partial charge in [-0.15, -0.1) is 0 Å². The number of nitrogens with one attached hydrogen (secondary N) is 1. The van der Waals surface area contributed by atoms with Crippen molar-refractivity contribution < 1.29 is 29.6 Å². The van der Waals surface area contributed by atoms with Crippen LogP contribution < -0.4 is 11.1 Å². The maximum atomic E-state index is 12.3. The lowest BCUT2D eigenvalue weighted by Crippen LogP contribution is -2.31. The zero-order chi connectivity index (χ0) is 25.1. The number of anilines is 1. The Hall–Kier alpha value is -3.88. The van der Waals surface area contributed by atoms with Crippen molar-refractivity contribution in [3.8, 4) is 11.1 Å². The van der Waals surface area contributed by atoms with Crippen molar-refractivity contribution in [1.29, 1.82) is 0 Å². The van der Waals surface area contributed by atoms with Crippen LogP contribution in [0.1, 0.15) is 51.1 Å². The molecule has 3 aromatic rings. The largest absolute Gasteiger partial charge is 0.478 e. The van der Waals surface area contributed by atoms with Crippen molar-refractivity contribution in [1.82, 2.24) is 5.32 Å². The lowest BCUT2D eigenvalue weighted by atomic mass is 9.95. The SMILES string of the molecule is Cc1cc(C(=O)O)c(N)c(C(O)C(O)CCNC(=O)OCC2c3ccccc3-c3ccccc32)c1. The van der Waals surface area contributed by atoms with Gasteiger partial charge in [0, 0.05) is 18.0 Å². The third-order valence-electron chi connectivity index (χ3n) is 6.32. The standard InChI is InChI=1S/C27H28N2O6/c1-15-12-20(24(28)21(13-15)26(32)33)25(31)23(30)10-11-29-27(34)35-14-22-18-8-4-2-6-16(18)17-7-3-5-9-19(17)22/h2-9,12-13,22-23,25,30-31H,10-11,14,28H2,1H3,(H,29,34)(H,32,33). The molecule has 0 bridgehead atoms. The second kappa shape index (κ2) is 10.2. The Kier molecular flexibility index (Phi) is 7.04. The number of carbonyl (C=O) groups excluding carboxylic acids is 1. The predicted molar refractivity (Wildman–Crippen MR) is 131 cm³/mol. The predicted octanol–water partition coefficient (Wildman–Crippen LogP) is 3.60. The van der Waals surface area contributed by atoms with Gasteiger partial charge in [0.1, 0.15) is 12.7 Å². The lowest BCUT2D eigenvalue weighted by molar-refractivity contribution is 0.0140. The number of benzene rings is 3. The topological polar surface area (TPSA) is 142 Å². The first-order valence-corrected chi connectivity index (χ1v) is 11.4. The zero-order valence-electron chi connectivity index (χ0n) is 19.3. The second-order valence-electron chi connectivity index (χ2n) is 8.67. The molecule has 1 aliphatic carbocycles.